The van der Waals surface area contributed by atoms with E-state index in [0.29, 0.717) is 8.58 Å². The summed E-state index contributed by atoms with van der Waals surface area (Å²) < 4.78 is 0. The van der Waals surface area contributed by atoms with Gasteiger partial charge in [0.05, 0.1) is 0 Å². The third-order valence-corrected chi connectivity index (χ3v) is 4.69. The second kappa shape index (κ2) is 6.47. The van der Waals surface area contributed by atoms with Crippen molar-refractivity contribution in [1.29, 1.82) is 0 Å². The van der Waals surface area contributed by atoms with Gasteiger partial charge in [0.25, 0.3) is 0 Å². The summed E-state index contributed by atoms with van der Waals surface area (Å²) in [7, 11) is 0.583. The van der Waals surface area contributed by atoms with Crippen molar-refractivity contribution in [1.82, 2.24) is 0 Å². The van der Waals surface area contributed by atoms with E-state index in [1.165, 1.54) is 10.6 Å². The highest BCUT2D eigenvalue weighted by Crippen LogP contribution is 2.25. The summed E-state index contributed by atoms with van der Waals surface area (Å²) >= 11 is 0. The van der Waals surface area contributed by atoms with Crippen molar-refractivity contribution in [2.24, 2.45) is 0 Å². The number of rotatable bonds is 4. The Kier molecular flexibility index (Phi) is 4.23. The van der Waals surface area contributed by atoms with Gasteiger partial charge in [0, 0.05) is 5.56 Å². The molecule has 0 saturated heterocycles. The summed E-state index contributed by atoms with van der Waals surface area (Å²) in [5, 5.41) is 2.56. The van der Waals surface area contributed by atoms with Crippen LogP contribution in [-0.4, -0.2) is 6.29 Å². The van der Waals surface area contributed by atoms with Crippen LogP contribution in [0.2, 0.25) is 0 Å². The highest BCUT2D eigenvalue weighted by Gasteiger charge is 2.08. The van der Waals surface area contributed by atoms with Gasteiger partial charge in [-0.25, -0.2) is 0 Å². The molecule has 0 radical (unpaired) electrons. The zero-order chi connectivity index (χ0) is 14.5. The van der Waals surface area contributed by atoms with Crippen molar-refractivity contribution in [3.8, 4) is 11.1 Å². The van der Waals surface area contributed by atoms with Crippen molar-refractivity contribution in [3.63, 3.8) is 0 Å². The topological polar surface area (TPSA) is 17.1 Å². The normalized spacial score (nSPS) is 10.9. The molecule has 3 aromatic rings. The van der Waals surface area contributed by atoms with Crippen LogP contribution in [0.25, 0.3) is 11.1 Å². The van der Waals surface area contributed by atoms with Crippen molar-refractivity contribution in [3.05, 3.63) is 84.4 Å². The maximum atomic E-state index is 11.3. The van der Waals surface area contributed by atoms with Gasteiger partial charge in [0.2, 0.25) is 0 Å². The largest absolute Gasteiger partial charge is 0.298 e. The Morgan fingerprint density at radius 1 is 0.667 bits per heavy atom. The molecule has 102 valence electrons. The van der Waals surface area contributed by atoms with Crippen LogP contribution in [0.1, 0.15) is 10.4 Å². The summed E-state index contributed by atoms with van der Waals surface area (Å²) in [5.41, 5.74) is 2.89. The van der Waals surface area contributed by atoms with Crippen LogP contribution in [0.15, 0.2) is 78.9 Å². The van der Waals surface area contributed by atoms with Crippen molar-refractivity contribution >= 4 is 25.5 Å². The van der Waals surface area contributed by atoms with E-state index in [-0.39, 0.29) is 0 Å². The first-order valence-electron chi connectivity index (χ1n) is 6.84. The van der Waals surface area contributed by atoms with Gasteiger partial charge < -0.3 is 0 Å². The zero-order valence-electron chi connectivity index (χ0n) is 11.5. The van der Waals surface area contributed by atoms with Crippen LogP contribution in [0.5, 0.6) is 0 Å². The predicted molar refractivity (Wildman–Crippen MR) is 91.3 cm³/mol. The van der Waals surface area contributed by atoms with Gasteiger partial charge in [0.1, 0.15) is 0 Å². The number of carbonyl (C=O) groups excluding carboxylic acids is 1. The van der Waals surface area contributed by atoms with E-state index in [1.807, 2.05) is 36.4 Å². The van der Waals surface area contributed by atoms with Gasteiger partial charge in [-0.15, -0.1) is 0 Å². The quantitative estimate of drug-likeness (QED) is 0.527. The summed E-state index contributed by atoms with van der Waals surface area (Å²) in [6, 6.07) is 26.5. The molecule has 0 spiro atoms. The van der Waals surface area contributed by atoms with E-state index in [1.54, 1.807) is 0 Å². The van der Waals surface area contributed by atoms with Crippen LogP contribution < -0.4 is 10.6 Å². The van der Waals surface area contributed by atoms with E-state index < -0.39 is 0 Å². The minimum absolute atomic E-state index is 0.583. The molecule has 0 saturated carbocycles. The van der Waals surface area contributed by atoms with E-state index in [9.17, 15) is 4.79 Å². The van der Waals surface area contributed by atoms with Gasteiger partial charge in [-0.3, -0.25) is 4.79 Å². The fourth-order valence-electron chi connectivity index (χ4n) is 2.35. The molecule has 1 atom stereocenters. The molecule has 0 fully saturated rings. The molecule has 2 heteroatoms. The molecular weight excluding hydrogens is 275 g/mol. The fourth-order valence-corrected chi connectivity index (χ4v) is 3.55. The fraction of sp³-hybridized carbons (Fsp3) is 0. The second-order valence-corrected chi connectivity index (χ2v) is 6.11. The molecule has 1 nitrogen and oxygen atoms in total. The molecule has 0 aliphatic heterocycles. The molecule has 0 N–H and O–H groups in total. The molecule has 0 bridgehead atoms. The minimum Gasteiger partial charge on any atom is -0.298 e. The molecule has 0 aliphatic rings. The van der Waals surface area contributed by atoms with Crippen molar-refractivity contribution < 1.29 is 4.79 Å². The van der Waals surface area contributed by atoms with E-state index in [0.717, 1.165) is 23.0 Å². The molecule has 1 unspecified atom stereocenters. The third-order valence-electron chi connectivity index (χ3n) is 3.36. The Hall–Kier alpha value is -2.24. The van der Waals surface area contributed by atoms with Crippen LogP contribution in [0.4, 0.5) is 0 Å². The number of hydrogen-bond donors (Lipinski definition) is 0. The average molecular weight is 290 g/mol. The van der Waals surface area contributed by atoms with Crippen LogP contribution in [0.3, 0.4) is 0 Å². The predicted octanol–water partition coefficient (Wildman–Crippen LogP) is 3.80. The standard InChI is InChI=1S/C19H15OP/c20-14-15-8-4-5-11-17(15)18-12-6-7-13-19(18)21-16-9-2-1-3-10-16/h1-14,21H. The van der Waals surface area contributed by atoms with Crippen LogP contribution in [-0.2, 0) is 0 Å². The van der Waals surface area contributed by atoms with E-state index in [2.05, 4.69) is 42.5 Å². The molecule has 3 aromatic carbocycles. The molecule has 3 rings (SSSR count). The highest BCUT2D eigenvalue weighted by atomic mass is 31.1. The SMILES string of the molecule is O=Cc1ccccc1-c1ccccc1Pc1ccccc1. The monoisotopic (exact) mass is 290 g/mol. The lowest BCUT2D eigenvalue weighted by molar-refractivity contribution is 0.112. The summed E-state index contributed by atoms with van der Waals surface area (Å²) in [4.78, 5) is 11.3. The Bertz CT molecular complexity index is 750. The van der Waals surface area contributed by atoms with E-state index >= 15 is 0 Å². The van der Waals surface area contributed by atoms with Gasteiger partial charge in [-0.2, -0.15) is 0 Å². The van der Waals surface area contributed by atoms with Crippen LogP contribution >= 0.6 is 8.58 Å². The molecule has 0 heterocycles. The summed E-state index contributed by atoms with van der Waals surface area (Å²) in [6.07, 6.45) is 0.928. The Balaban J connectivity index is 2.06. The molecule has 0 aromatic heterocycles. The minimum atomic E-state index is 0.583. The third kappa shape index (κ3) is 3.09. The molecular formula is C19H15OP. The van der Waals surface area contributed by atoms with E-state index in [4.69, 9.17) is 0 Å². The molecule has 21 heavy (non-hydrogen) atoms. The maximum Gasteiger partial charge on any atom is 0.150 e. The maximum absolute atomic E-state index is 11.3. The average Bonchev–Trinajstić information content (AvgIpc) is 2.56. The van der Waals surface area contributed by atoms with Gasteiger partial charge in [-0.1, -0.05) is 87.4 Å². The summed E-state index contributed by atoms with van der Waals surface area (Å²) in [6.45, 7) is 0. The van der Waals surface area contributed by atoms with Crippen molar-refractivity contribution in [2.75, 3.05) is 0 Å². The number of carbonyl (C=O) groups is 1. The van der Waals surface area contributed by atoms with Crippen molar-refractivity contribution in [2.45, 2.75) is 0 Å². The molecule has 0 amide bonds. The van der Waals surface area contributed by atoms with Crippen LogP contribution in [0, 0.1) is 0 Å². The first kappa shape index (κ1) is 13.7. The molecule has 0 aliphatic carbocycles. The lowest BCUT2D eigenvalue weighted by Crippen LogP contribution is -2.06. The number of aldehydes is 1. The zero-order valence-corrected chi connectivity index (χ0v) is 12.5. The Morgan fingerprint density at radius 2 is 1.29 bits per heavy atom. The lowest BCUT2D eigenvalue weighted by atomic mass is 10.0. The number of benzene rings is 3. The van der Waals surface area contributed by atoms with Gasteiger partial charge >= 0.3 is 0 Å². The highest BCUT2D eigenvalue weighted by molar-refractivity contribution is 7.55. The second-order valence-electron chi connectivity index (χ2n) is 4.74. The lowest BCUT2D eigenvalue weighted by Gasteiger charge is -2.11. The first-order chi connectivity index (χ1) is 10.4. The summed E-state index contributed by atoms with van der Waals surface area (Å²) in [5.74, 6) is 0. The first-order valence-corrected chi connectivity index (χ1v) is 7.84. The van der Waals surface area contributed by atoms with Gasteiger partial charge in [-0.05, 0) is 21.7 Å². The smallest absolute Gasteiger partial charge is 0.150 e. The number of hydrogen-bond acceptors (Lipinski definition) is 1. The Labute approximate surface area is 126 Å². The van der Waals surface area contributed by atoms with Gasteiger partial charge in [0.15, 0.2) is 6.29 Å². The Morgan fingerprint density at radius 3 is 2.05 bits per heavy atom.